The fourth-order valence-corrected chi connectivity index (χ4v) is 6.14. The third-order valence-electron chi connectivity index (χ3n) is 6.92. The summed E-state index contributed by atoms with van der Waals surface area (Å²) in [7, 11) is 1.36. The van der Waals surface area contributed by atoms with E-state index in [2.05, 4.69) is 0 Å². The van der Waals surface area contributed by atoms with E-state index in [1.165, 1.54) is 50.6 Å². The zero-order valence-corrected chi connectivity index (χ0v) is 16.1. The number of methoxy groups -OCH3 is 1. The molecule has 150 valence electrons. The standard InChI is InChI=1S/C21H26N2O5/c1-28-19(24)6-7-22(20(25)17-2-4-18(5-3-17)23(26)27)21-11-14-8-15(12-21)10-16(9-14)13-21/h2-5,14-16H,6-13H2,1H3. The molecule has 4 bridgehead atoms. The average molecular weight is 386 g/mol. The number of nitro benzene ring substituents is 1. The summed E-state index contributed by atoms with van der Waals surface area (Å²) in [5.74, 6) is 1.52. The van der Waals surface area contributed by atoms with Crippen LogP contribution in [0.3, 0.4) is 0 Å². The van der Waals surface area contributed by atoms with Crippen molar-refractivity contribution in [1.82, 2.24) is 4.90 Å². The molecule has 0 N–H and O–H groups in total. The van der Waals surface area contributed by atoms with Gasteiger partial charge in [-0.2, -0.15) is 0 Å². The minimum atomic E-state index is -0.470. The van der Waals surface area contributed by atoms with Crippen LogP contribution < -0.4 is 0 Å². The van der Waals surface area contributed by atoms with Crippen molar-refractivity contribution >= 4 is 17.6 Å². The zero-order valence-electron chi connectivity index (χ0n) is 16.1. The summed E-state index contributed by atoms with van der Waals surface area (Å²) in [6.07, 6.45) is 6.94. The van der Waals surface area contributed by atoms with Crippen LogP contribution >= 0.6 is 0 Å². The largest absolute Gasteiger partial charge is 0.469 e. The molecule has 1 amide bonds. The van der Waals surface area contributed by atoms with Gasteiger partial charge in [-0.05, 0) is 68.4 Å². The van der Waals surface area contributed by atoms with Crippen molar-refractivity contribution in [2.24, 2.45) is 17.8 Å². The minimum absolute atomic E-state index is 0.0348. The summed E-state index contributed by atoms with van der Waals surface area (Å²) >= 11 is 0. The number of non-ortho nitro benzene ring substituents is 1. The van der Waals surface area contributed by atoms with Crippen LogP contribution in [-0.4, -0.2) is 40.9 Å². The first-order chi connectivity index (χ1) is 13.4. The molecule has 0 radical (unpaired) electrons. The second-order valence-corrected chi connectivity index (χ2v) is 8.73. The number of esters is 1. The first-order valence-corrected chi connectivity index (χ1v) is 10.0. The molecular formula is C21H26N2O5. The number of carbonyl (C=O) groups excluding carboxylic acids is 2. The zero-order chi connectivity index (χ0) is 19.9. The SMILES string of the molecule is COC(=O)CCN(C(=O)c1ccc([N+](=O)[O-])cc1)C12CC3CC(CC(C3)C1)C2. The highest BCUT2D eigenvalue weighted by Gasteiger charge is 2.54. The van der Waals surface area contributed by atoms with Gasteiger partial charge in [-0.25, -0.2) is 0 Å². The number of nitrogens with zero attached hydrogens (tertiary/aromatic N) is 2. The van der Waals surface area contributed by atoms with Gasteiger partial charge in [-0.1, -0.05) is 0 Å². The molecule has 5 rings (SSSR count). The second-order valence-electron chi connectivity index (χ2n) is 8.73. The van der Waals surface area contributed by atoms with Crippen LogP contribution in [0.1, 0.15) is 55.3 Å². The van der Waals surface area contributed by atoms with E-state index in [9.17, 15) is 19.7 Å². The third kappa shape index (κ3) is 3.38. The topological polar surface area (TPSA) is 89.8 Å². The lowest BCUT2D eigenvalue weighted by Gasteiger charge is -2.60. The van der Waals surface area contributed by atoms with Crippen LogP contribution in [0.25, 0.3) is 0 Å². The second kappa shape index (κ2) is 7.18. The van der Waals surface area contributed by atoms with Gasteiger partial charge < -0.3 is 9.64 Å². The number of carbonyl (C=O) groups is 2. The Kier molecular flexibility index (Phi) is 4.85. The monoisotopic (exact) mass is 386 g/mol. The number of rotatable bonds is 6. The van der Waals surface area contributed by atoms with Crippen LogP contribution in [0.2, 0.25) is 0 Å². The molecule has 4 aliphatic rings. The molecular weight excluding hydrogens is 360 g/mol. The lowest BCUT2D eigenvalue weighted by atomic mass is 9.52. The molecule has 28 heavy (non-hydrogen) atoms. The van der Waals surface area contributed by atoms with E-state index >= 15 is 0 Å². The number of hydrogen-bond donors (Lipinski definition) is 0. The molecule has 0 spiro atoms. The van der Waals surface area contributed by atoms with Crippen molar-refractivity contribution in [3.05, 3.63) is 39.9 Å². The molecule has 0 unspecified atom stereocenters. The van der Waals surface area contributed by atoms with E-state index in [1.54, 1.807) is 0 Å². The minimum Gasteiger partial charge on any atom is -0.469 e. The van der Waals surface area contributed by atoms with Crippen molar-refractivity contribution in [3.63, 3.8) is 0 Å². The van der Waals surface area contributed by atoms with Gasteiger partial charge in [0.2, 0.25) is 0 Å². The predicted molar refractivity (Wildman–Crippen MR) is 102 cm³/mol. The predicted octanol–water partition coefficient (Wildman–Crippen LogP) is 3.57. The van der Waals surface area contributed by atoms with Crippen molar-refractivity contribution in [2.45, 2.75) is 50.5 Å². The van der Waals surface area contributed by atoms with Crippen molar-refractivity contribution in [2.75, 3.05) is 13.7 Å². The Balaban J connectivity index is 1.62. The fraction of sp³-hybridized carbons (Fsp3) is 0.619. The summed E-state index contributed by atoms with van der Waals surface area (Å²) in [4.78, 5) is 37.6. The summed E-state index contributed by atoms with van der Waals surface area (Å²) in [5.41, 5.74) is 0.209. The van der Waals surface area contributed by atoms with Gasteiger partial charge in [-0.15, -0.1) is 0 Å². The van der Waals surface area contributed by atoms with Crippen LogP contribution in [0.5, 0.6) is 0 Å². The van der Waals surface area contributed by atoms with Crippen molar-refractivity contribution in [3.8, 4) is 0 Å². The molecule has 1 aromatic rings. The Hall–Kier alpha value is -2.44. The maximum atomic E-state index is 13.4. The van der Waals surface area contributed by atoms with E-state index in [1.807, 2.05) is 4.90 Å². The molecule has 0 saturated heterocycles. The van der Waals surface area contributed by atoms with Crippen molar-refractivity contribution in [1.29, 1.82) is 0 Å². The Morgan fingerprint density at radius 1 is 1.11 bits per heavy atom. The van der Waals surface area contributed by atoms with Crippen LogP contribution in [0.15, 0.2) is 24.3 Å². The van der Waals surface area contributed by atoms with Gasteiger partial charge in [0.25, 0.3) is 11.6 Å². The Labute approximate surface area is 164 Å². The maximum Gasteiger partial charge on any atom is 0.307 e. The summed E-state index contributed by atoms with van der Waals surface area (Å²) in [6, 6.07) is 5.77. The normalized spacial score (nSPS) is 30.1. The molecule has 0 atom stereocenters. The smallest absolute Gasteiger partial charge is 0.307 e. The number of benzene rings is 1. The quantitative estimate of drug-likeness (QED) is 0.423. The molecule has 1 aromatic carbocycles. The molecule has 0 aromatic heterocycles. The van der Waals surface area contributed by atoms with E-state index in [0.717, 1.165) is 19.3 Å². The van der Waals surface area contributed by atoms with E-state index < -0.39 is 4.92 Å². The average Bonchev–Trinajstić information content (AvgIpc) is 2.66. The third-order valence-corrected chi connectivity index (χ3v) is 6.92. The van der Waals surface area contributed by atoms with Crippen LogP contribution in [-0.2, 0) is 9.53 Å². The van der Waals surface area contributed by atoms with Gasteiger partial charge >= 0.3 is 5.97 Å². The molecule has 4 aliphatic carbocycles. The van der Waals surface area contributed by atoms with Gasteiger partial charge in [0.15, 0.2) is 0 Å². The van der Waals surface area contributed by atoms with E-state index in [-0.39, 0.29) is 29.5 Å². The van der Waals surface area contributed by atoms with Gasteiger partial charge in [0.1, 0.15) is 0 Å². The van der Waals surface area contributed by atoms with Gasteiger partial charge in [0.05, 0.1) is 18.5 Å². The Morgan fingerprint density at radius 2 is 1.64 bits per heavy atom. The maximum absolute atomic E-state index is 13.4. The number of hydrogen-bond acceptors (Lipinski definition) is 5. The van der Waals surface area contributed by atoms with Crippen LogP contribution in [0.4, 0.5) is 5.69 Å². The lowest BCUT2D eigenvalue weighted by Crippen LogP contribution is -2.61. The highest BCUT2D eigenvalue weighted by Crippen LogP contribution is 2.58. The van der Waals surface area contributed by atoms with Gasteiger partial charge in [0, 0.05) is 29.8 Å². The Bertz CT molecular complexity index is 753. The van der Waals surface area contributed by atoms with E-state index in [0.29, 0.717) is 29.9 Å². The highest BCUT2D eigenvalue weighted by molar-refractivity contribution is 5.95. The summed E-state index contributed by atoms with van der Waals surface area (Å²) in [5, 5.41) is 10.9. The molecule has 0 aliphatic heterocycles. The number of ether oxygens (including phenoxy) is 1. The molecule has 4 fully saturated rings. The molecule has 7 nitrogen and oxygen atoms in total. The van der Waals surface area contributed by atoms with Crippen molar-refractivity contribution < 1.29 is 19.2 Å². The van der Waals surface area contributed by atoms with Crippen LogP contribution in [0, 0.1) is 27.9 Å². The van der Waals surface area contributed by atoms with Gasteiger partial charge in [-0.3, -0.25) is 19.7 Å². The summed E-state index contributed by atoms with van der Waals surface area (Å²) < 4.78 is 4.80. The lowest BCUT2D eigenvalue weighted by molar-refractivity contribution is -0.384. The summed E-state index contributed by atoms with van der Waals surface area (Å²) in [6.45, 7) is 0.328. The number of nitro groups is 1. The Morgan fingerprint density at radius 3 is 2.11 bits per heavy atom. The fourth-order valence-electron chi connectivity index (χ4n) is 6.14. The molecule has 7 heteroatoms. The first kappa shape index (κ1) is 18.9. The highest BCUT2D eigenvalue weighted by atomic mass is 16.6. The molecule has 4 saturated carbocycles. The first-order valence-electron chi connectivity index (χ1n) is 10.0. The number of amides is 1. The van der Waals surface area contributed by atoms with E-state index in [4.69, 9.17) is 4.74 Å². The molecule has 0 heterocycles.